The van der Waals surface area contributed by atoms with Crippen molar-refractivity contribution in [3.8, 4) is 11.5 Å². The van der Waals surface area contributed by atoms with Crippen molar-refractivity contribution in [2.24, 2.45) is 11.7 Å². The first-order chi connectivity index (χ1) is 11.0. The van der Waals surface area contributed by atoms with Crippen LogP contribution in [0.2, 0.25) is 5.02 Å². The van der Waals surface area contributed by atoms with Gasteiger partial charge in [-0.1, -0.05) is 23.7 Å². The molecule has 1 fully saturated rings. The van der Waals surface area contributed by atoms with Gasteiger partial charge in [0.25, 0.3) is 0 Å². The summed E-state index contributed by atoms with van der Waals surface area (Å²) in [6.45, 7) is 0.252. The van der Waals surface area contributed by atoms with Crippen molar-refractivity contribution in [2.75, 3.05) is 6.54 Å². The average Bonchev–Trinajstić information content (AvgIpc) is 3.29. The molecule has 1 aliphatic rings. The number of carbonyl (C=O) groups excluding carboxylic acids is 1. The van der Waals surface area contributed by atoms with Crippen LogP contribution >= 0.6 is 11.6 Å². The zero-order valence-electron chi connectivity index (χ0n) is 14.4. The van der Waals surface area contributed by atoms with Crippen molar-refractivity contribution in [3.63, 3.8) is 0 Å². The molecule has 7 heteroatoms. The molecule has 0 aliphatic heterocycles. The zero-order chi connectivity index (χ0) is 16.4. The van der Waals surface area contributed by atoms with Crippen molar-refractivity contribution in [1.29, 1.82) is 0 Å². The molecular weight excluding hydrogens is 355 g/mol. The Bertz CT molecular complexity index is 717. The molecule has 0 unspecified atom stereocenters. The third kappa shape index (κ3) is 5.19. The summed E-state index contributed by atoms with van der Waals surface area (Å²) in [7, 11) is 0. The van der Waals surface area contributed by atoms with Crippen LogP contribution in [-0.2, 0) is 0 Å². The first kappa shape index (κ1) is 19.7. The molecule has 122 valence electrons. The smallest absolute Gasteiger partial charge is 1.00 e. The number of halogens is 1. The van der Waals surface area contributed by atoms with Gasteiger partial charge in [-0.2, -0.15) is 0 Å². The van der Waals surface area contributed by atoms with Crippen LogP contribution in [0.1, 0.15) is 19.3 Å². The maximum absolute atomic E-state index is 10.9. The van der Waals surface area contributed by atoms with Crippen molar-refractivity contribution >= 4 is 17.6 Å². The largest absolute Gasteiger partial charge is 1.00 e. The SMILES string of the molecule is NC(=O)N(O)C[C@@H]1C[C@H]1c1cccc(Oc2ccc(Cl)cc2)c1.[H-].[K+]. The van der Waals surface area contributed by atoms with Crippen molar-refractivity contribution in [1.82, 2.24) is 5.06 Å². The Morgan fingerprint density at radius 2 is 2.00 bits per heavy atom. The molecule has 2 atom stereocenters. The maximum Gasteiger partial charge on any atom is 1.00 e. The van der Waals surface area contributed by atoms with E-state index in [1.165, 1.54) is 0 Å². The van der Waals surface area contributed by atoms with Crippen LogP contribution in [0.25, 0.3) is 0 Å². The van der Waals surface area contributed by atoms with E-state index < -0.39 is 6.03 Å². The summed E-state index contributed by atoms with van der Waals surface area (Å²) in [4.78, 5) is 10.9. The molecule has 2 aromatic carbocycles. The van der Waals surface area contributed by atoms with Crippen molar-refractivity contribution in [3.05, 3.63) is 59.1 Å². The van der Waals surface area contributed by atoms with E-state index in [9.17, 15) is 10.0 Å². The van der Waals surface area contributed by atoms with Crippen LogP contribution in [0, 0.1) is 5.92 Å². The normalized spacial score (nSPS) is 18.4. The Hall–Kier alpha value is -0.604. The van der Waals surface area contributed by atoms with E-state index in [0.29, 0.717) is 21.8 Å². The molecule has 2 amide bonds. The van der Waals surface area contributed by atoms with Gasteiger partial charge in [0.2, 0.25) is 0 Å². The second-order valence-electron chi connectivity index (χ2n) is 5.65. The van der Waals surface area contributed by atoms with E-state index >= 15 is 0 Å². The second-order valence-corrected chi connectivity index (χ2v) is 6.09. The number of benzene rings is 2. The molecule has 5 nitrogen and oxygen atoms in total. The number of hydrogen-bond donors (Lipinski definition) is 2. The predicted molar refractivity (Wildman–Crippen MR) is 88.0 cm³/mol. The number of hydroxylamine groups is 2. The number of ether oxygens (including phenoxy) is 1. The Morgan fingerprint density at radius 3 is 2.67 bits per heavy atom. The van der Waals surface area contributed by atoms with Gasteiger partial charge in [-0.15, -0.1) is 0 Å². The van der Waals surface area contributed by atoms with Crippen LogP contribution < -0.4 is 61.9 Å². The summed E-state index contributed by atoms with van der Waals surface area (Å²) in [5.41, 5.74) is 6.15. The number of nitrogens with zero attached hydrogens (tertiary/aromatic N) is 1. The molecule has 2 aromatic rings. The molecule has 1 aliphatic carbocycles. The van der Waals surface area contributed by atoms with Crippen molar-refractivity contribution in [2.45, 2.75) is 12.3 Å². The molecule has 1 saturated carbocycles. The fourth-order valence-corrected chi connectivity index (χ4v) is 2.74. The topological polar surface area (TPSA) is 75.8 Å². The van der Waals surface area contributed by atoms with Crippen molar-refractivity contribution < 1.29 is 67.5 Å². The van der Waals surface area contributed by atoms with Gasteiger partial charge >= 0.3 is 57.4 Å². The van der Waals surface area contributed by atoms with E-state index in [1.807, 2.05) is 36.4 Å². The third-order valence-corrected chi connectivity index (χ3v) is 4.17. The number of carbonyl (C=O) groups is 1. The molecule has 3 rings (SSSR count). The average molecular weight is 373 g/mol. The molecule has 24 heavy (non-hydrogen) atoms. The van der Waals surface area contributed by atoms with Gasteiger partial charge in [-0.05, 0) is 60.2 Å². The number of hydrogen-bond acceptors (Lipinski definition) is 3. The van der Waals surface area contributed by atoms with Crippen LogP contribution in [0.5, 0.6) is 11.5 Å². The molecule has 0 saturated heterocycles. The minimum atomic E-state index is -0.824. The summed E-state index contributed by atoms with van der Waals surface area (Å²) in [6, 6.07) is 14.2. The minimum Gasteiger partial charge on any atom is -1.00 e. The van der Waals surface area contributed by atoms with Gasteiger partial charge in [0.15, 0.2) is 0 Å². The first-order valence-electron chi connectivity index (χ1n) is 7.32. The van der Waals surface area contributed by atoms with Gasteiger partial charge in [-0.25, -0.2) is 9.86 Å². The van der Waals surface area contributed by atoms with E-state index in [0.717, 1.165) is 17.7 Å². The molecule has 0 aromatic heterocycles. The monoisotopic (exact) mass is 372 g/mol. The molecule has 3 N–H and O–H groups in total. The standard InChI is InChI=1S/C17H17ClN2O3.K.H/c18-13-4-6-14(7-5-13)23-15-3-1-2-11(8-15)16-9-12(16)10-20(22)17(19)21;;/h1-8,12,16,22H,9-10H2,(H2,19,21);;/q;+1;-1/t12-,16-;;/m0../s1. The van der Waals surface area contributed by atoms with Gasteiger partial charge in [-0.3, -0.25) is 5.21 Å². The van der Waals surface area contributed by atoms with E-state index in [2.05, 4.69) is 0 Å². The molecule has 0 heterocycles. The van der Waals surface area contributed by atoms with Gasteiger partial charge < -0.3 is 11.9 Å². The van der Waals surface area contributed by atoms with Gasteiger partial charge in [0.1, 0.15) is 11.5 Å². The third-order valence-electron chi connectivity index (χ3n) is 3.92. The van der Waals surface area contributed by atoms with Crippen LogP contribution in [0.3, 0.4) is 0 Å². The molecule has 0 spiro atoms. The summed E-state index contributed by atoms with van der Waals surface area (Å²) in [5.74, 6) is 1.98. The van der Waals surface area contributed by atoms with E-state index in [1.54, 1.807) is 12.1 Å². The first-order valence-corrected chi connectivity index (χ1v) is 7.70. The van der Waals surface area contributed by atoms with Crippen LogP contribution in [0.4, 0.5) is 4.79 Å². The zero-order valence-corrected chi connectivity index (χ0v) is 17.2. The summed E-state index contributed by atoms with van der Waals surface area (Å²) < 4.78 is 5.81. The Kier molecular flexibility index (Phi) is 7.12. The van der Waals surface area contributed by atoms with Crippen LogP contribution in [0.15, 0.2) is 48.5 Å². The summed E-state index contributed by atoms with van der Waals surface area (Å²) in [6.07, 6.45) is 0.911. The van der Waals surface area contributed by atoms with Gasteiger partial charge in [0, 0.05) is 5.02 Å². The Morgan fingerprint density at radius 1 is 1.29 bits per heavy atom. The molecule has 0 bridgehead atoms. The van der Waals surface area contributed by atoms with E-state index in [-0.39, 0.29) is 65.3 Å². The fourth-order valence-electron chi connectivity index (χ4n) is 2.62. The van der Waals surface area contributed by atoms with E-state index in [4.69, 9.17) is 22.1 Å². The van der Waals surface area contributed by atoms with Gasteiger partial charge in [0.05, 0.1) is 6.54 Å². The minimum absolute atomic E-state index is 0. The summed E-state index contributed by atoms with van der Waals surface area (Å²) >= 11 is 5.86. The number of rotatable bonds is 5. The second kappa shape index (κ2) is 8.67. The molecule has 0 radical (unpaired) electrons. The number of urea groups is 1. The maximum atomic E-state index is 10.9. The molecular formula is C17H18ClKN2O3. The van der Waals surface area contributed by atoms with Crippen LogP contribution in [-0.4, -0.2) is 22.8 Å². The quantitative estimate of drug-likeness (QED) is 0.469. The predicted octanol–water partition coefficient (Wildman–Crippen LogP) is 1.12. The summed E-state index contributed by atoms with van der Waals surface area (Å²) in [5, 5.41) is 10.6. The number of nitrogens with two attached hydrogens (primary N) is 1. The fraction of sp³-hybridized carbons (Fsp3) is 0.235. The Labute approximate surface area is 189 Å². The number of primary amides is 1. The Balaban J connectivity index is 0.00000156. The number of amides is 2.